The van der Waals surface area contributed by atoms with Crippen LogP contribution in [0.1, 0.15) is 32.4 Å². The first-order valence-corrected chi connectivity index (χ1v) is 10.3. The topological polar surface area (TPSA) is 54.9 Å². The van der Waals surface area contributed by atoms with Gasteiger partial charge in [-0.1, -0.05) is 79.0 Å². The summed E-state index contributed by atoms with van der Waals surface area (Å²) in [5.41, 5.74) is 1.11. The highest BCUT2D eigenvalue weighted by atomic mass is 32.2. The third-order valence-electron chi connectivity index (χ3n) is 2.93. The van der Waals surface area contributed by atoms with Crippen molar-refractivity contribution in [3.8, 4) is 0 Å². The van der Waals surface area contributed by atoms with E-state index in [1.54, 1.807) is 23.1 Å². The highest BCUT2D eigenvalue weighted by molar-refractivity contribution is 8.03. The molecule has 1 atom stereocenters. The molecule has 0 spiro atoms. The predicted molar refractivity (Wildman–Crippen MR) is 99.2 cm³/mol. The van der Waals surface area contributed by atoms with E-state index in [-0.39, 0.29) is 11.9 Å². The van der Waals surface area contributed by atoms with E-state index in [0.29, 0.717) is 11.7 Å². The van der Waals surface area contributed by atoms with Gasteiger partial charge in [0.25, 0.3) is 0 Å². The standard InChI is InChI=1S/C16H21N3OS3/c1-11(2)9-21-15-18-19-16(23-15)22-10-14(20)17-12(3)13-7-5-4-6-8-13/h4-8,11-12H,9-10H2,1-3H3,(H,17,20)/t12-/m0/s1. The molecule has 0 radical (unpaired) electrons. The summed E-state index contributed by atoms with van der Waals surface area (Å²) in [7, 11) is 0. The highest BCUT2D eigenvalue weighted by Gasteiger charge is 2.12. The summed E-state index contributed by atoms with van der Waals surface area (Å²) in [4.78, 5) is 12.0. The second kappa shape index (κ2) is 9.30. The third kappa shape index (κ3) is 6.53. The number of amides is 1. The van der Waals surface area contributed by atoms with Gasteiger partial charge in [-0.2, -0.15) is 0 Å². The first-order chi connectivity index (χ1) is 11.0. The van der Waals surface area contributed by atoms with Crippen LogP contribution in [0.15, 0.2) is 39.0 Å². The summed E-state index contributed by atoms with van der Waals surface area (Å²) in [6, 6.07) is 9.96. The van der Waals surface area contributed by atoms with Gasteiger partial charge in [0.05, 0.1) is 11.8 Å². The van der Waals surface area contributed by atoms with Crippen LogP contribution < -0.4 is 5.32 Å². The number of carbonyl (C=O) groups excluding carboxylic acids is 1. The summed E-state index contributed by atoms with van der Waals surface area (Å²) in [5, 5.41) is 11.3. The van der Waals surface area contributed by atoms with Gasteiger partial charge in [0.1, 0.15) is 0 Å². The van der Waals surface area contributed by atoms with E-state index < -0.39 is 0 Å². The van der Waals surface area contributed by atoms with Crippen molar-refractivity contribution in [2.75, 3.05) is 11.5 Å². The number of nitrogens with one attached hydrogen (secondary N) is 1. The van der Waals surface area contributed by atoms with Crippen molar-refractivity contribution in [2.45, 2.75) is 35.5 Å². The zero-order chi connectivity index (χ0) is 16.7. The van der Waals surface area contributed by atoms with Crippen molar-refractivity contribution >= 4 is 40.8 Å². The van der Waals surface area contributed by atoms with E-state index in [1.807, 2.05) is 37.3 Å². The lowest BCUT2D eigenvalue weighted by Gasteiger charge is -2.13. The fourth-order valence-electron chi connectivity index (χ4n) is 1.79. The minimum atomic E-state index is 0.0101. The maximum atomic E-state index is 12.0. The van der Waals surface area contributed by atoms with Gasteiger partial charge in [0, 0.05) is 5.75 Å². The minimum absolute atomic E-state index is 0.0101. The van der Waals surface area contributed by atoms with Crippen LogP contribution in [-0.4, -0.2) is 27.6 Å². The number of hydrogen-bond acceptors (Lipinski definition) is 6. The first-order valence-electron chi connectivity index (χ1n) is 7.48. The maximum Gasteiger partial charge on any atom is 0.230 e. The van der Waals surface area contributed by atoms with Gasteiger partial charge < -0.3 is 5.32 Å². The maximum absolute atomic E-state index is 12.0. The zero-order valence-corrected chi connectivity index (χ0v) is 15.9. The molecule has 1 aromatic heterocycles. The molecular formula is C16H21N3OS3. The Morgan fingerprint density at radius 3 is 2.43 bits per heavy atom. The molecule has 0 aliphatic carbocycles. The fraction of sp³-hybridized carbons (Fsp3) is 0.438. The Balaban J connectivity index is 1.76. The highest BCUT2D eigenvalue weighted by Crippen LogP contribution is 2.29. The minimum Gasteiger partial charge on any atom is -0.349 e. The Hall–Kier alpha value is -1.05. The van der Waals surface area contributed by atoms with Gasteiger partial charge in [-0.15, -0.1) is 10.2 Å². The molecular weight excluding hydrogens is 346 g/mol. The van der Waals surface area contributed by atoms with Gasteiger partial charge in [0.15, 0.2) is 8.68 Å². The van der Waals surface area contributed by atoms with E-state index in [2.05, 4.69) is 29.4 Å². The molecule has 0 saturated carbocycles. The normalized spacial score (nSPS) is 12.3. The number of nitrogens with zero attached hydrogens (tertiary/aromatic N) is 2. The Labute approximate surface area is 149 Å². The van der Waals surface area contributed by atoms with Crippen LogP contribution in [0.4, 0.5) is 0 Å². The molecule has 124 valence electrons. The molecule has 0 bridgehead atoms. The van der Waals surface area contributed by atoms with Crippen molar-refractivity contribution in [1.82, 2.24) is 15.5 Å². The molecule has 23 heavy (non-hydrogen) atoms. The lowest BCUT2D eigenvalue weighted by Crippen LogP contribution is -2.28. The van der Waals surface area contributed by atoms with Crippen LogP contribution in [0.2, 0.25) is 0 Å². The van der Waals surface area contributed by atoms with Gasteiger partial charge >= 0.3 is 0 Å². The molecule has 0 aliphatic rings. The summed E-state index contributed by atoms with van der Waals surface area (Å²) in [5.74, 6) is 2.04. The molecule has 0 unspecified atom stereocenters. The molecule has 0 fully saturated rings. The molecule has 0 saturated heterocycles. The zero-order valence-electron chi connectivity index (χ0n) is 13.5. The number of hydrogen-bond donors (Lipinski definition) is 1. The number of benzene rings is 1. The molecule has 0 aliphatic heterocycles. The lowest BCUT2D eigenvalue weighted by molar-refractivity contribution is -0.119. The second-order valence-electron chi connectivity index (χ2n) is 5.53. The first kappa shape index (κ1) is 18.3. The smallest absolute Gasteiger partial charge is 0.230 e. The van der Waals surface area contributed by atoms with Gasteiger partial charge in [-0.25, -0.2) is 0 Å². The van der Waals surface area contributed by atoms with Crippen LogP contribution in [0, 0.1) is 5.92 Å². The average molecular weight is 368 g/mol. The molecule has 2 aromatic rings. The molecule has 1 amide bonds. The molecule has 2 rings (SSSR count). The van der Waals surface area contributed by atoms with E-state index in [0.717, 1.165) is 20.0 Å². The third-order valence-corrected chi connectivity index (χ3v) is 6.55. The van der Waals surface area contributed by atoms with Crippen LogP contribution in [0.5, 0.6) is 0 Å². The molecule has 1 heterocycles. The Kier molecular flexibility index (Phi) is 7.39. The van der Waals surface area contributed by atoms with Crippen molar-refractivity contribution in [3.63, 3.8) is 0 Å². The van der Waals surface area contributed by atoms with E-state index in [9.17, 15) is 4.79 Å². The van der Waals surface area contributed by atoms with Crippen LogP contribution in [-0.2, 0) is 4.79 Å². The van der Waals surface area contributed by atoms with Crippen molar-refractivity contribution in [3.05, 3.63) is 35.9 Å². The van der Waals surface area contributed by atoms with Gasteiger partial charge in [0.2, 0.25) is 5.91 Å². The van der Waals surface area contributed by atoms with E-state index in [4.69, 9.17) is 0 Å². The number of aromatic nitrogens is 2. The van der Waals surface area contributed by atoms with E-state index in [1.165, 1.54) is 11.8 Å². The molecule has 7 heteroatoms. The SMILES string of the molecule is CC(C)CSc1nnc(SCC(=O)N[C@@H](C)c2ccccc2)s1. The predicted octanol–water partition coefficient (Wildman–Crippen LogP) is 4.26. The van der Waals surface area contributed by atoms with Crippen LogP contribution >= 0.6 is 34.9 Å². The summed E-state index contributed by atoms with van der Waals surface area (Å²) >= 11 is 4.72. The van der Waals surface area contributed by atoms with E-state index >= 15 is 0 Å². The van der Waals surface area contributed by atoms with Crippen molar-refractivity contribution in [1.29, 1.82) is 0 Å². The van der Waals surface area contributed by atoms with Gasteiger partial charge in [-0.05, 0) is 18.4 Å². The molecule has 1 N–H and O–H groups in total. The number of rotatable bonds is 8. The lowest BCUT2D eigenvalue weighted by atomic mass is 10.1. The Morgan fingerprint density at radius 2 is 1.78 bits per heavy atom. The Bertz CT molecular complexity index is 616. The number of thioether (sulfide) groups is 2. The monoisotopic (exact) mass is 367 g/mol. The van der Waals surface area contributed by atoms with Gasteiger partial charge in [-0.3, -0.25) is 4.79 Å². The average Bonchev–Trinajstić information content (AvgIpc) is 3.00. The van der Waals surface area contributed by atoms with Crippen LogP contribution in [0.3, 0.4) is 0 Å². The molecule has 4 nitrogen and oxygen atoms in total. The van der Waals surface area contributed by atoms with Crippen molar-refractivity contribution in [2.24, 2.45) is 5.92 Å². The second-order valence-corrected chi connectivity index (χ2v) is 8.99. The molecule has 1 aromatic carbocycles. The largest absolute Gasteiger partial charge is 0.349 e. The summed E-state index contributed by atoms with van der Waals surface area (Å²) < 4.78 is 1.82. The van der Waals surface area contributed by atoms with Crippen molar-refractivity contribution < 1.29 is 4.79 Å². The van der Waals surface area contributed by atoms with Crippen LogP contribution in [0.25, 0.3) is 0 Å². The summed E-state index contributed by atoms with van der Waals surface area (Å²) in [6.07, 6.45) is 0. The quantitative estimate of drug-likeness (QED) is 0.707. The Morgan fingerprint density at radius 1 is 1.13 bits per heavy atom. The fourth-order valence-corrected chi connectivity index (χ4v) is 4.60. The summed E-state index contributed by atoms with van der Waals surface area (Å²) in [6.45, 7) is 6.35. The number of carbonyl (C=O) groups is 1.